The van der Waals surface area contributed by atoms with Crippen LogP contribution in [0.1, 0.15) is 17.7 Å². The van der Waals surface area contributed by atoms with Gasteiger partial charge in [-0.25, -0.2) is 4.79 Å². The molecule has 24 heavy (non-hydrogen) atoms. The number of urea groups is 1. The molecular weight excluding hydrogens is 300 g/mol. The van der Waals surface area contributed by atoms with Gasteiger partial charge < -0.3 is 15.5 Å². The first kappa shape index (κ1) is 16.3. The number of rotatable bonds is 4. The molecule has 3 rings (SSSR count). The zero-order valence-electron chi connectivity index (χ0n) is 14.2. The Morgan fingerprint density at radius 2 is 2.00 bits per heavy atom. The van der Waals surface area contributed by atoms with E-state index in [9.17, 15) is 4.79 Å². The lowest BCUT2D eigenvalue weighted by atomic mass is 10.1. The molecule has 1 fully saturated rings. The highest BCUT2D eigenvalue weighted by Gasteiger charge is 2.23. The van der Waals surface area contributed by atoms with Crippen molar-refractivity contribution in [3.63, 3.8) is 0 Å². The zero-order chi connectivity index (χ0) is 16.9. The molecule has 2 heterocycles. The monoisotopic (exact) mass is 324 g/mol. The van der Waals surface area contributed by atoms with Gasteiger partial charge in [0.25, 0.3) is 0 Å². The Bertz CT molecular complexity index is 682. The predicted molar refractivity (Wildman–Crippen MR) is 97.5 cm³/mol. The predicted octanol–water partition coefficient (Wildman–Crippen LogP) is 3.35. The molecule has 1 saturated heterocycles. The van der Waals surface area contributed by atoms with Crippen molar-refractivity contribution in [2.45, 2.75) is 20.3 Å². The molecule has 2 amide bonds. The summed E-state index contributed by atoms with van der Waals surface area (Å²) in [5.74, 6) is 0.480. The van der Waals surface area contributed by atoms with Gasteiger partial charge >= 0.3 is 6.03 Å². The highest BCUT2D eigenvalue weighted by atomic mass is 16.2. The number of pyridine rings is 1. The minimum absolute atomic E-state index is 0.172. The summed E-state index contributed by atoms with van der Waals surface area (Å²) >= 11 is 0. The second kappa shape index (κ2) is 7.34. The molecule has 1 aliphatic rings. The molecule has 0 unspecified atom stereocenters. The summed E-state index contributed by atoms with van der Waals surface area (Å²) in [5, 5.41) is 5.78. The number of benzene rings is 1. The van der Waals surface area contributed by atoms with Gasteiger partial charge in [-0.05, 0) is 50.5 Å². The van der Waals surface area contributed by atoms with Crippen LogP contribution in [0.5, 0.6) is 0 Å². The summed E-state index contributed by atoms with van der Waals surface area (Å²) in [5.41, 5.74) is 4.19. The van der Waals surface area contributed by atoms with E-state index in [0.29, 0.717) is 18.2 Å². The van der Waals surface area contributed by atoms with Crippen LogP contribution >= 0.6 is 0 Å². The quantitative estimate of drug-likeness (QED) is 0.907. The Morgan fingerprint density at radius 1 is 1.21 bits per heavy atom. The van der Waals surface area contributed by atoms with Gasteiger partial charge in [0.2, 0.25) is 0 Å². The lowest BCUT2D eigenvalue weighted by Crippen LogP contribution is -2.34. The number of nitrogens with zero attached hydrogens (tertiary/aromatic N) is 2. The van der Waals surface area contributed by atoms with Crippen LogP contribution in [0, 0.1) is 19.8 Å². The van der Waals surface area contributed by atoms with Crippen molar-refractivity contribution in [2.75, 3.05) is 29.9 Å². The third kappa shape index (κ3) is 4.25. The molecule has 5 heteroatoms. The van der Waals surface area contributed by atoms with Gasteiger partial charge in [0.1, 0.15) is 0 Å². The minimum atomic E-state index is -0.172. The van der Waals surface area contributed by atoms with Crippen LogP contribution in [0.15, 0.2) is 42.6 Å². The van der Waals surface area contributed by atoms with Crippen LogP contribution in [0.25, 0.3) is 0 Å². The smallest absolute Gasteiger partial charge is 0.319 e. The van der Waals surface area contributed by atoms with Crippen molar-refractivity contribution in [3.8, 4) is 0 Å². The molecule has 0 bridgehead atoms. The molecule has 2 aromatic rings. The third-order valence-corrected chi connectivity index (χ3v) is 4.41. The van der Waals surface area contributed by atoms with Crippen LogP contribution in [-0.2, 0) is 0 Å². The highest BCUT2D eigenvalue weighted by Crippen LogP contribution is 2.23. The van der Waals surface area contributed by atoms with E-state index in [1.807, 2.05) is 19.1 Å². The van der Waals surface area contributed by atoms with Crippen molar-refractivity contribution in [1.29, 1.82) is 0 Å². The maximum Gasteiger partial charge on any atom is 0.319 e. The van der Waals surface area contributed by atoms with Crippen LogP contribution in [-0.4, -0.2) is 30.6 Å². The first-order chi connectivity index (χ1) is 11.6. The van der Waals surface area contributed by atoms with Gasteiger partial charge in [-0.15, -0.1) is 0 Å². The van der Waals surface area contributed by atoms with Crippen molar-refractivity contribution in [3.05, 3.63) is 53.9 Å². The molecular formula is C19H24N4O. The van der Waals surface area contributed by atoms with E-state index < -0.39 is 0 Å². The summed E-state index contributed by atoms with van der Waals surface area (Å²) in [4.78, 5) is 18.5. The number of carbonyl (C=O) groups excluding carboxylic acids is 1. The van der Waals surface area contributed by atoms with Crippen molar-refractivity contribution in [1.82, 2.24) is 10.3 Å². The van der Waals surface area contributed by atoms with Gasteiger partial charge in [0.05, 0.1) is 11.9 Å². The lowest BCUT2D eigenvalue weighted by Gasteiger charge is -2.19. The Hall–Kier alpha value is -2.56. The molecule has 2 N–H and O–H groups in total. The first-order valence-corrected chi connectivity index (χ1v) is 8.39. The molecule has 5 nitrogen and oxygen atoms in total. The Balaban J connectivity index is 1.44. The second-order valence-corrected chi connectivity index (χ2v) is 6.46. The largest absolute Gasteiger partial charge is 0.371 e. The number of anilines is 2. The fraction of sp³-hybridized carbons (Fsp3) is 0.368. The average Bonchev–Trinajstić information content (AvgIpc) is 3.05. The van der Waals surface area contributed by atoms with Gasteiger partial charge in [0.15, 0.2) is 0 Å². The summed E-state index contributed by atoms with van der Waals surface area (Å²) < 4.78 is 0. The fourth-order valence-electron chi connectivity index (χ4n) is 2.94. The molecule has 1 atom stereocenters. The van der Waals surface area contributed by atoms with Gasteiger partial charge in [-0.3, -0.25) is 4.98 Å². The minimum Gasteiger partial charge on any atom is -0.371 e. The second-order valence-electron chi connectivity index (χ2n) is 6.46. The number of aromatic nitrogens is 1. The number of hydrogen-bond donors (Lipinski definition) is 2. The zero-order valence-corrected chi connectivity index (χ0v) is 14.2. The Labute approximate surface area is 143 Å². The van der Waals surface area contributed by atoms with Crippen molar-refractivity contribution in [2.24, 2.45) is 5.92 Å². The molecule has 126 valence electrons. The molecule has 0 spiro atoms. The van der Waals surface area contributed by atoms with Crippen molar-refractivity contribution < 1.29 is 4.79 Å². The molecule has 1 aliphatic heterocycles. The van der Waals surface area contributed by atoms with E-state index in [1.54, 1.807) is 6.20 Å². The van der Waals surface area contributed by atoms with Crippen molar-refractivity contribution >= 4 is 17.4 Å². The summed E-state index contributed by atoms with van der Waals surface area (Å²) in [6, 6.07) is 12.2. The molecule has 0 aliphatic carbocycles. The number of aryl methyl sites for hydroxylation is 2. The topological polar surface area (TPSA) is 57.3 Å². The van der Waals surface area contributed by atoms with Crippen LogP contribution in [0.4, 0.5) is 16.2 Å². The lowest BCUT2D eigenvalue weighted by molar-refractivity contribution is 0.250. The Kier molecular flexibility index (Phi) is 4.99. The highest BCUT2D eigenvalue weighted by molar-refractivity contribution is 5.88. The number of carbonyl (C=O) groups is 1. The summed E-state index contributed by atoms with van der Waals surface area (Å²) in [6.07, 6.45) is 2.77. The van der Waals surface area contributed by atoms with E-state index in [4.69, 9.17) is 0 Å². The Morgan fingerprint density at radius 3 is 2.71 bits per heavy atom. The maximum absolute atomic E-state index is 12.0. The van der Waals surface area contributed by atoms with Gasteiger partial charge in [-0.1, -0.05) is 17.7 Å². The van der Waals surface area contributed by atoms with Crippen LogP contribution < -0.4 is 15.5 Å². The number of hydrogen-bond acceptors (Lipinski definition) is 3. The van der Waals surface area contributed by atoms with E-state index in [-0.39, 0.29) is 6.03 Å². The normalized spacial score (nSPS) is 16.9. The van der Waals surface area contributed by atoms with Gasteiger partial charge in [0, 0.05) is 31.0 Å². The molecule has 0 saturated carbocycles. The summed E-state index contributed by atoms with van der Waals surface area (Å²) in [6.45, 7) is 6.73. The van der Waals surface area contributed by atoms with E-state index in [2.05, 4.69) is 51.7 Å². The SMILES string of the molecule is Cc1ccc(N2CC[C@H](CNC(=O)Nc3ccc(C)nc3)C2)cc1. The molecule has 1 aromatic heterocycles. The summed E-state index contributed by atoms with van der Waals surface area (Å²) in [7, 11) is 0. The molecule has 0 radical (unpaired) electrons. The number of amides is 2. The van der Waals surface area contributed by atoms with E-state index >= 15 is 0 Å². The first-order valence-electron chi connectivity index (χ1n) is 8.39. The average molecular weight is 324 g/mol. The fourth-order valence-corrected chi connectivity index (χ4v) is 2.94. The number of nitrogens with one attached hydrogen (secondary N) is 2. The van der Waals surface area contributed by atoms with Gasteiger partial charge in [-0.2, -0.15) is 0 Å². The maximum atomic E-state index is 12.0. The standard InChI is InChI=1S/C19H24N4O/c1-14-3-7-18(8-4-14)23-10-9-16(13-23)11-21-19(24)22-17-6-5-15(2)20-12-17/h3-8,12,16H,9-11,13H2,1-2H3,(H2,21,22,24)/t16-/m1/s1. The van der Waals surface area contributed by atoms with Crippen LogP contribution in [0.3, 0.4) is 0 Å². The third-order valence-electron chi connectivity index (χ3n) is 4.41. The van der Waals surface area contributed by atoms with E-state index in [1.165, 1.54) is 11.3 Å². The molecule has 1 aromatic carbocycles. The van der Waals surface area contributed by atoms with Crippen LogP contribution in [0.2, 0.25) is 0 Å². The van der Waals surface area contributed by atoms with E-state index in [0.717, 1.165) is 25.2 Å².